The van der Waals surface area contributed by atoms with Gasteiger partial charge in [-0.05, 0) is 36.1 Å². The van der Waals surface area contributed by atoms with Gasteiger partial charge in [0.25, 0.3) is 0 Å². The van der Waals surface area contributed by atoms with Crippen LogP contribution in [0, 0.1) is 0 Å². The van der Waals surface area contributed by atoms with Crippen molar-refractivity contribution in [1.29, 1.82) is 0 Å². The van der Waals surface area contributed by atoms with E-state index in [0.717, 1.165) is 57.4 Å². The molecule has 0 radical (unpaired) electrons. The molecule has 0 aliphatic heterocycles. The van der Waals surface area contributed by atoms with E-state index >= 15 is 0 Å². The van der Waals surface area contributed by atoms with Crippen LogP contribution in [0.3, 0.4) is 0 Å². The summed E-state index contributed by atoms with van der Waals surface area (Å²) in [4.78, 5) is 9.37. The summed E-state index contributed by atoms with van der Waals surface area (Å²) >= 11 is 4.05. The molecule has 0 amide bonds. The highest BCUT2D eigenvalue weighted by atomic mass is 32.2. The van der Waals surface area contributed by atoms with Crippen molar-refractivity contribution >= 4 is 56.5 Å². The smallest absolute Gasteiger partial charge is 0.139 e. The average Bonchev–Trinajstić information content (AvgIpc) is 3.36. The van der Waals surface area contributed by atoms with Crippen LogP contribution in [-0.2, 0) is 6.42 Å². The highest BCUT2D eigenvalue weighted by Gasteiger charge is 2.16. The highest BCUT2D eigenvalue weighted by Crippen LogP contribution is 2.39. The lowest BCUT2D eigenvalue weighted by molar-refractivity contribution is 0.664. The molecule has 0 saturated heterocycles. The second kappa shape index (κ2) is 7.21. The minimum Gasteiger partial charge on any atom is -0.351 e. The molecule has 0 atom stereocenters. The predicted octanol–water partition coefficient (Wildman–Crippen LogP) is 6.56. The average molecular weight is 388 g/mol. The van der Waals surface area contributed by atoms with E-state index in [2.05, 4.69) is 29.0 Å². The van der Waals surface area contributed by atoms with Gasteiger partial charge in [-0.15, -0.1) is 22.7 Å². The van der Waals surface area contributed by atoms with Crippen LogP contribution in [0.1, 0.15) is 18.2 Å². The zero-order chi connectivity index (χ0) is 17.2. The maximum atomic E-state index is 9.82. The number of para-hydroxylation sites is 1. The van der Waals surface area contributed by atoms with E-state index in [-0.39, 0.29) is 0 Å². The maximum absolute atomic E-state index is 9.82. The SMILES string of the molecule is CCCc1cnc(-c2cc3cccc(N(SO)c4cccs4)c3[nH]2)s1. The third-order valence-corrected chi connectivity index (χ3v) is 6.54. The monoisotopic (exact) mass is 387 g/mol. The van der Waals surface area contributed by atoms with Crippen LogP contribution in [0.2, 0.25) is 0 Å². The molecular weight excluding hydrogens is 370 g/mol. The predicted molar refractivity (Wildman–Crippen MR) is 110 cm³/mol. The largest absolute Gasteiger partial charge is 0.351 e. The van der Waals surface area contributed by atoms with Crippen LogP contribution in [0.4, 0.5) is 10.7 Å². The van der Waals surface area contributed by atoms with Gasteiger partial charge >= 0.3 is 0 Å². The molecule has 3 aromatic heterocycles. The summed E-state index contributed by atoms with van der Waals surface area (Å²) in [6.45, 7) is 2.18. The minimum absolute atomic E-state index is 0.722. The number of rotatable bonds is 6. The molecule has 0 aliphatic rings. The Morgan fingerprint density at radius 3 is 2.96 bits per heavy atom. The van der Waals surface area contributed by atoms with E-state index < -0.39 is 0 Å². The number of hydrogen-bond donors (Lipinski definition) is 2. The first kappa shape index (κ1) is 16.7. The summed E-state index contributed by atoms with van der Waals surface area (Å²) in [5.41, 5.74) is 2.95. The molecule has 3 heterocycles. The first-order chi connectivity index (χ1) is 12.3. The molecule has 0 saturated carbocycles. The Kier molecular flexibility index (Phi) is 4.80. The normalized spacial score (nSPS) is 11.3. The molecule has 0 aliphatic carbocycles. The number of H-pyrrole nitrogens is 1. The van der Waals surface area contributed by atoms with Crippen LogP contribution < -0.4 is 4.31 Å². The molecular formula is C18H17N3OS3. The Bertz CT molecular complexity index is 975. The van der Waals surface area contributed by atoms with Crippen molar-refractivity contribution in [3.8, 4) is 10.7 Å². The third kappa shape index (κ3) is 3.20. The summed E-state index contributed by atoms with van der Waals surface area (Å²) in [6.07, 6.45) is 4.16. The quantitative estimate of drug-likeness (QED) is 0.290. The van der Waals surface area contributed by atoms with E-state index in [1.54, 1.807) is 22.7 Å². The van der Waals surface area contributed by atoms with E-state index in [9.17, 15) is 4.55 Å². The van der Waals surface area contributed by atoms with Gasteiger partial charge in [0.15, 0.2) is 0 Å². The Morgan fingerprint density at radius 1 is 1.28 bits per heavy atom. The number of aromatic amines is 1. The highest BCUT2D eigenvalue weighted by molar-refractivity contribution is 7.95. The van der Waals surface area contributed by atoms with Crippen molar-refractivity contribution in [2.24, 2.45) is 0 Å². The molecule has 0 bridgehead atoms. The molecule has 128 valence electrons. The number of anilines is 2. The Balaban J connectivity index is 1.78. The van der Waals surface area contributed by atoms with Crippen molar-refractivity contribution in [3.05, 3.63) is 52.9 Å². The first-order valence-corrected chi connectivity index (χ1v) is 10.4. The number of nitrogens with zero attached hydrogens (tertiary/aromatic N) is 2. The zero-order valence-corrected chi connectivity index (χ0v) is 16.0. The van der Waals surface area contributed by atoms with Crippen molar-refractivity contribution in [2.45, 2.75) is 19.8 Å². The Morgan fingerprint density at radius 2 is 2.20 bits per heavy atom. The number of aromatic nitrogens is 2. The molecule has 4 aromatic rings. The number of hydrogen-bond acceptors (Lipinski definition) is 6. The van der Waals surface area contributed by atoms with Gasteiger partial charge in [0.2, 0.25) is 0 Å². The zero-order valence-electron chi connectivity index (χ0n) is 13.6. The third-order valence-electron chi connectivity index (χ3n) is 3.92. The number of aryl methyl sites for hydroxylation is 1. The summed E-state index contributed by atoms with van der Waals surface area (Å²) in [5.74, 6) is 0. The van der Waals surface area contributed by atoms with Crippen LogP contribution >= 0.6 is 34.9 Å². The van der Waals surface area contributed by atoms with Crippen molar-refractivity contribution in [2.75, 3.05) is 4.31 Å². The van der Waals surface area contributed by atoms with Gasteiger partial charge in [-0.25, -0.2) is 9.29 Å². The fourth-order valence-electron chi connectivity index (χ4n) is 2.81. The number of thiophene rings is 1. The molecule has 4 nitrogen and oxygen atoms in total. The number of thiazole rings is 1. The first-order valence-electron chi connectivity index (χ1n) is 8.02. The van der Waals surface area contributed by atoms with Crippen molar-refractivity contribution in [1.82, 2.24) is 9.97 Å². The number of benzene rings is 1. The lowest BCUT2D eigenvalue weighted by atomic mass is 10.2. The molecule has 0 spiro atoms. The van der Waals surface area contributed by atoms with Crippen LogP contribution in [0.25, 0.3) is 21.6 Å². The van der Waals surface area contributed by atoms with Gasteiger partial charge in [0.1, 0.15) is 22.2 Å². The molecule has 25 heavy (non-hydrogen) atoms. The lowest BCUT2D eigenvalue weighted by Gasteiger charge is -2.18. The van der Waals surface area contributed by atoms with Crippen molar-refractivity contribution < 1.29 is 4.55 Å². The van der Waals surface area contributed by atoms with Gasteiger partial charge in [-0.1, -0.05) is 25.5 Å². The minimum atomic E-state index is 0.722. The fourth-order valence-corrected chi connectivity index (χ4v) is 5.05. The van der Waals surface area contributed by atoms with E-state index in [4.69, 9.17) is 0 Å². The summed E-state index contributed by atoms with van der Waals surface area (Å²) in [7, 11) is 0. The van der Waals surface area contributed by atoms with Crippen LogP contribution in [0.5, 0.6) is 0 Å². The molecule has 0 fully saturated rings. The fraction of sp³-hybridized carbons (Fsp3) is 0.167. The summed E-state index contributed by atoms with van der Waals surface area (Å²) in [5, 5.41) is 5.10. The second-order valence-electron chi connectivity index (χ2n) is 5.63. The number of fused-ring (bicyclic) bond motifs is 1. The lowest BCUT2D eigenvalue weighted by Crippen LogP contribution is -2.04. The van der Waals surface area contributed by atoms with Gasteiger partial charge < -0.3 is 9.54 Å². The van der Waals surface area contributed by atoms with Gasteiger partial charge in [-0.3, -0.25) is 0 Å². The van der Waals surface area contributed by atoms with E-state index in [0.29, 0.717) is 0 Å². The standard InChI is InChI=1S/C18H17N3OS3/c1-2-5-13-11-19-18(24-13)14-10-12-6-3-7-15(17(12)20-14)21(25-22)16-8-4-9-23-16/h3-4,6-11,20,22H,2,5H2,1H3. The molecule has 4 rings (SSSR count). The van der Waals surface area contributed by atoms with Crippen molar-refractivity contribution in [3.63, 3.8) is 0 Å². The van der Waals surface area contributed by atoms with E-state index in [1.165, 1.54) is 4.88 Å². The Labute approximate surface area is 158 Å². The Hall–Kier alpha value is -1.80. The summed E-state index contributed by atoms with van der Waals surface area (Å²) < 4.78 is 11.7. The van der Waals surface area contributed by atoms with Crippen LogP contribution in [0.15, 0.2) is 48.0 Å². The molecule has 7 heteroatoms. The molecule has 0 unspecified atom stereocenters. The topological polar surface area (TPSA) is 52.1 Å². The number of nitrogens with one attached hydrogen (secondary N) is 1. The van der Waals surface area contributed by atoms with Gasteiger partial charge in [0.05, 0.1) is 16.9 Å². The van der Waals surface area contributed by atoms with Gasteiger partial charge in [-0.2, -0.15) is 0 Å². The van der Waals surface area contributed by atoms with E-state index in [1.807, 2.05) is 40.1 Å². The second-order valence-corrected chi connectivity index (χ2v) is 8.20. The van der Waals surface area contributed by atoms with Gasteiger partial charge in [0, 0.05) is 16.5 Å². The van der Waals surface area contributed by atoms with Crippen LogP contribution in [-0.4, -0.2) is 14.5 Å². The summed E-state index contributed by atoms with van der Waals surface area (Å²) in [6, 6.07) is 12.2. The molecule has 1 aromatic carbocycles. The maximum Gasteiger partial charge on any atom is 0.139 e. The molecule has 2 N–H and O–H groups in total.